The molecule has 1 N–H and O–H groups in total. The second kappa shape index (κ2) is 5.91. The Balaban J connectivity index is 1.74. The van der Waals surface area contributed by atoms with Crippen LogP contribution >= 0.6 is 0 Å². The first-order valence-corrected chi connectivity index (χ1v) is 7.96. The molecule has 2 heterocycles. The lowest BCUT2D eigenvalue weighted by atomic mass is 10.1. The van der Waals surface area contributed by atoms with Crippen LogP contribution in [0.3, 0.4) is 0 Å². The molecule has 0 unspecified atom stereocenters. The summed E-state index contributed by atoms with van der Waals surface area (Å²) in [6.45, 7) is 1.95. The third kappa shape index (κ3) is 2.68. The van der Waals surface area contributed by atoms with Gasteiger partial charge in [0.25, 0.3) is 0 Å². The van der Waals surface area contributed by atoms with Gasteiger partial charge in [-0.1, -0.05) is 36.4 Å². The van der Waals surface area contributed by atoms with Crippen molar-refractivity contribution >= 4 is 33.7 Å². The van der Waals surface area contributed by atoms with Gasteiger partial charge in [0.05, 0.1) is 0 Å². The highest BCUT2D eigenvalue weighted by Crippen LogP contribution is 2.23. The van der Waals surface area contributed by atoms with Crippen LogP contribution in [0.25, 0.3) is 27.9 Å². The van der Waals surface area contributed by atoms with Crippen LogP contribution in [0.2, 0.25) is 0 Å². The zero-order valence-electron chi connectivity index (χ0n) is 13.6. The molecule has 0 aliphatic heterocycles. The number of H-pyrrole nitrogens is 1. The maximum atomic E-state index is 12.5. The molecule has 4 rings (SSSR count). The molecule has 0 spiro atoms. The van der Waals surface area contributed by atoms with Crippen LogP contribution in [-0.4, -0.2) is 10.8 Å². The first-order valence-electron chi connectivity index (χ1n) is 7.96. The predicted octanol–water partition coefficient (Wildman–Crippen LogP) is 4.48. The van der Waals surface area contributed by atoms with Crippen molar-refractivity contribution < 1.29 is 9.21 Å². The third-order valence-electron chi connectivity index (χ3n) is 4.25. The number of aromatic amines is 1. The molecule has 25 heavy (non-hydrogen) atoms. The first kappa shape index (κ1) is 15.1. The van der Waals surface area contributed by atoms with E-state index in [1.165, 1.54) is 6.08 Å². The van der Waals surface area contributed by atoms with Gasteiger partial charge in [-0.3, -0.25) is 4.79 Å². The minimum Gasteiger partial charge on any atom is -0.422 e. The lowest BCUT2D eigenvalue weighted by Crippen LogP contribution is -2.11. The van der Waals surface area contributed by atoms with Crippen molar-refractivity contribution in [2.45, 2.75) is 6.92 Å². The second-order valence-electron chi connectivity index (χ2n) is 5.89. The van der Waals surface area contributed by atoms with Crippen molar-refractivity contribution in [2.24, 2.45) is 0 Å². The quantitative estimate of drug-likeness (QED) is 0.342. The summed E-state index contributed by atoms with van der Waals surface area (Å²) in [6.07, 6.45) is 3.16. The number of aryl methyl sites for hydroxylation is 1. The van der Waals surface area contributed by atoms with Crippen LogP contribution in [0.5, 0.6) is 0 Å². The number of para-hydroxylation sites is 2. The zero-order valence-corrected chi connectivity index (χ0v) is 13.6. The number of ketones is 1. The first-order chi connectivity index (χ1) is 12.1. The Bertz CT molecular complexity index is 1190. The van der Waals surface area contributed by atoms with E-state index in [1.807, 2.05) is 43.3 Å². The SMILES string of the molecule is Cc1[nH]c2ccccc2c1C=CC(=O)c1cc2ccccc2oc1=O. The summed E-state index contributed by atoms with van der Waals surface area (Å²) in [7, 11) is 0. The van der Waals surface area contributed by atoms with Crippen molar-refractivity contribution in [3.8, 4) is 0 Å². The molecule has 4 nitrogen and oxygen atoms in total. The number of benzene rings is 2. The second-order valence-corrected chi connectivity index (χ2v) is 5.89. The molecule has 4 heteroatoms. The van der Waals surface area contributed by atoms with Gasteiger partial charge >= 0.3 is 5.63 Å². The van der Waals surface area contributed by atoms with Crippen LogP contribution < -0.4 is 5.63 Å². The normalized spacial score (nSPS) is 11.6. The maximum absolute atomic E-state index is 12.5. The molecular formula is C21H15NO3. The zero-order chi connectivity index (χ0) is 17.4. The number of hydrogen-bond acceptors (Lipinski definition) is 3. The van der Waals surface area contributed by atoms with Crippen LogP contribution in [0, 0.1) is 6.92 Å². The van der Waals surface area contributed by atoms with Gasteiger partial charge < -0.3 is 9.40 Å². The number of hydrogen-bond donors (Lipinski definition) is 1. The Morgan fingerprint density at radius 3 is 2.72 bits per heavy atom. The van der Waals surface area contributed by atoms with E-state index in [0.29, 0.717) is 5.58 Å². The fourth-order valence-corrected chi connectivity index (χ4v) is 3.00. The minimum absolute atomic E-state index is 0.0347. The topological polar surface area (TPSA) is 63.1 Å². The van der Waals surface area contributed by atoms with Gasteiger partial charge in [0, 0.05) is 27.5 Å². The summed E-state index contributed by atoms with van der Waals surface area (Å²) in [6, 6.07) is 16.6. The molecule has 0 radical (unpaired) electrons. The highest BCUT2D eigenvalue weighted by Gasteiger charge is 2.12. The number of aromatic nitrogens is 1. The lowest BCUT2D eigenvalue weighted by Gasteiger charge is -1.99. The Hall–Kier alpha value is -3.40. The third-order valence-corrected chi connectivity index (χ3v) is 4.25. The summed E-state index contributed by atoms with van der Waals surface area (Å²) in [5.41, 5.74) is 2.80. The molecule has 0 bridgehead atoms. The molecule has 122 valence electrons. The Morgan fingerprint density at radius 1 is 1.08 bits per heavy atom. The van der Waals surface area contributed by atoms with Crippen molar-refractivity contribution in [1.29, 1.82) is 0 Å². The van der Waals surface area contributed by atoms with Gasteiger partial charge in [-0.15, -0.1) is 0 Å². The van der Waals surface area contributed by atoms with Gasteiger partial charge in [-0.2, -0.15) is 0 Å². The van der Waals surface area contributed by atoms with Crippen molar-refractivity contribution in [2.75, 3.05) is 0 Å². The molecule has 0 amide bonds. The summed E-state index contributed by atoms with van der Waals surface area (Å²) < 4.78 is 5.23. The van der Waals surface area contributed by atoms with Crippen molar-refractivity contribution in [3.63, 3.8) is 0 Å². The van der Waals surface area contributed by atoms with E-state index >= 15 is 0 Å². The van der Waals surface area contributed by atoms with Crippen LogP contribution in [0.1, 0.15) is 21.6 Å². The Labute approximate surface area is 143 Å². The predicted molar refractivity (Wildman–Crippen MR) is 98.9 cm³/mol. The summed E-state index contributed by atoms with van der Waals surface area (Å²) in [5, 5.41) is 1.76. The summed E-state index contributed by atoms with van der Waals surface area (Å²) >= 11 is 0. The minimum atomic E-state index is -0.621. The molecule has 0 saturated heterocycles. The molecule has 0 saturated carbocycles. The van der Waals surface area contributed by atoms with Crippen LogP contribution in [0.15, 0.2) is 69.9 Å². The molecule has 2 aromatic heterocycles. The molecule has 0 atom stereocenters. The number of carbonyl (C=O) groups excluding carboxylic acids is 1. The largest absolute Gasteiger partial charge is 0.422 e. The highest BCUT2D eigenvalue weighted by molar-refractivity contribution is 6.08. The molecule has 0 aliphatic carbocycles. The van der Waals surface area contributed by atoms with Gasteiger partial charge in [-0.05, 0) is 37.3 Å². The molecule has 0 aliphatic rings. The number of nitrogens with one attached hydrogen (secondary N) is 1. The summed E-state index contributed by atoms with van der Waals surface area (Å²) in [4.78, 5) is 27.9. The monoisotopic (exact) mass is 329 g/mol. The molecule has 4 aromatic rings. The van der Waals surface area contributed by atoms with Crippen LogP contribution in [-0.2, 0) is 0 Å². The fraction of sp³-hybridized carbons (Fsp3) is 0.0476. The lowest BCUT2D eigenvalue weighted by molar-refractivity contribution is 0.104. The summed E-state index contributed by atoms with van der Waals surface area (Å²) in [5.74, 6) is -0.371. The fourth-order valence-electron chi connectivity index (χ4n) is 3.00. The standard InChI is InChI=1S/C21H15NO3/c1-13-15(16-7-3-4-8-18(16)22-13)10-11-19(23)17-12-14-6-2-5-9-20(14)25-21(17)24/h2-12,22H,1H3. The van der Waals surface area contributed by atoms with Crippen molar-refractivity contribution in [3.05, 3.63) is 87.9 Å². The van der Waals surface area contributed by atoms with E-state index in [4.69, 9.17) is 4.42 Å². The van der Waals surface area contributed by atoms with E-state index in [0.717, 1.165) is 27.5 Å². The molecule has 0 fully saturated rings. The number of carbonyl (C=O) groups is 1. The van der Waals surface area contributed by atoms with Gasteiger partial charge in [0.2, 0.25) is 0 Å². The smallest absolute Gasteiger partial charge is 0.347 e. The van der Waals surface area contributed by atoms with E-state index in [9.17, 15) is 9.59 Å². The van der Waals surface area contributed by atoms with Gasteiger partial charge in [0.15, 0.2) is 5.78 Å². The highest BCUT2D eigenvalue weighted by atomic mass is 16.4. The van der Waals surface area contributed by atoms with Crippen LogP contribution in [0.4, 0.5) is 0 Å². The number of fused-ring (bicyclic) bond motifs is 2. The van der Waals surface area contributed by atoms with Crippen molar-refractivity contribution in [1.82, 2.24) is 4.98 Å². The number of allylic oxidation sites excluding steroid dienone is 1. The van der Waals surface area contributed by atoms with Gasteiger partial charge in [0.1, 0.15) is 11.1 Å². The van der Waals surface area contributed by atoms with E-state index in [2.05, 4.69) is 4.98 Å². The molecule has 2 aromatic carbocycles. The Kier molecular flexibility index (Phi) is 3.58. The molecular weight excluding hydrogens is 314 g/mol. The average Bonchev–Trinajstić information content (AvgIpc) is 2.94. The maximum Gasteiger partial charge on any atom is 0.347 e. The number of rotatable bonds is 3. The van der Waals surface area contributed by atoms with Gasteiger partial charge in [-0.25, -0.2) is 4.79 Å². The average molecular weight is 329 g/mol. The Morgan fingerprint density at radius 2 is 1.84 bits per heavy atom. The van der Waals surface area contributed by atoms with E-state index in [1.54, 1.807) is 24.3 Å². The van der Waals surface area contributed by atoms with E-state index < -0.39 is 5.63 Å². The van der Waals surface area contributed by atoms with E-state index in [-0.39, 0.29) is 11.3 Å².